The van der Waals surface area contributed by atoms with E-state index in [1.54, 1.807) is 4.90 Å². The number of hydrogen-bond donors (Lipinski definition) is 1. The van der Waals surface area contributed by atoms with Crippen molar-refractivity contribution in [3.05, 3.63) is 155 Å². The Morgan fingerprint density at radius 3 is 2.00 bits per heavy atom. The summed E-state index contributed by atoms with van der Waals surface area (Å²) in [5.74, 6) is 7.31. The molecular formula is C41H39N5O4. The third-order valence-electron chi connectivity index (χ3n) is 8.75. The summed E-state index contributed by atoms with van der Waals surface area (Å²) in [6.07, 6.45) is 1.45. The zero-order chi connectivity index (χ0) is 34.0. The molecule has 9 heteroatoms. The van der Waals surface area contributed by atoms with Gasteiger partial charge >= 0.3 is 6.03 Å². The zero-order valence-electron chi connectivity index (χ0n) is 27.8. The van der Waals surface area contributed by atoms with Crippen molar-refractivity contribution in [1.82, 2.24) is 25.1 Å². The smallest absolute Gasteiger partial charge is 0.318 e. The van der Waals surface area contributed by atoms with Crippen LogP contribution in [0.3, 0.4) is 0 Å². The number of aromatic nitrogens is 2. The molecule has 4 aromatic carbocycles. The van der Waals surface area contributed by atoms with E-state index in [0.29, 0.717) is 37.1 Å². The molecule has 1 atom stereocenters. The summed E-state index contributed by atoms with van der Waals surface area (Å²) in [4.78, 5) is 26.3. The van der Waals surface area contributed by atoms with Crippen LogP contribution < -0.4 is 14.8 Å². The predicted octanol–water partition coefficient (Wildman–Crippen LogP) is 6.13. The summed E-state index contributed by atoms with van der Waals surface area (Å²) in [6.45, 7) is 5.83. The number of nitrogens with zero attached hydrogens (tertiary/aromatic N) is 4. The van der Waals surface area contributed by atoms with Crippen molar-refractivity contribution in [1.29, 1.82) is 0 Å². The third-order valence-corrected chi connectivity index (χ3v) is 8.75. The van der Waals surface area contributed by atoms with Crippen molar-refractivity contribution in [2.45, 2.75) is 32.3 Å². The average molecular weight is 666 g/mol. The van der Waals surface area contributed by atoms with Gasteiger partial charge in [-0.3, -0.25) is 4.90 Å². The molecule has 2 fully saturated rings. The van der Waals surface area contributed by atoms with Crippen LogP contribution in [0.4, 0.5) is 4.79 Å². The quantitative estimate of drug-likeness (QED) is 0.170. The molecule has 0 saturated carbocycles. The lowest BCUT2D eigenvalue weighted by molar-refractivity contribution is 0.0342. The van der Waals surface area contributed by atoms with Gasteiger partial charge in [0.25, 0.3) is 5.88 Å². The van der Waals surface area contributed by atoms with Crippen LogP contribution in [0, 0.1) is 11.8 Å². The molecule has 1 unspecified atom stereocenters. The van der Waals surface area contributed by atoms with Crippen LogP contribution >= 0.6 is 0 Å². The summed E-state index contributed by atoms with van der Waals surface area (Å²) in [7, 11) is 0. The van der Waals surface area contributed by atoms with E-state index < -0.39 is 0 Å². The fourth-order valence-electron chi connectivity index (χ4n) is 5.96. The summed E-state index contributed by atoms with van der Waals surface area (Å²) < 4.78 is 17.8. The molecule has 0 aliphatic carbocycles. The van der Waals surface area contributed by atoms with E-state index in [9.17, 15) is 4.79 Å². The Kier molecular flexibility index (Phi) is 10.6. The van der Waals surface area contributed by atoms with Gasteiger partial charge < -0.3 is 24.4 Å². The van der Waals surface area contributed by atoms with Gasteiger partial charge in [-0.1, -0.05) is 96.8 Å². The first-order valence-electron chi connectivity index (χ1n) is 16.9. The van der Waals surface area contributed by atoms with E-state index in [2.05, 4.69) is 56.3 Å². The second-order valence-electron chi connectivity index (χ2n) is 12.3. The van der Waals surface area contributed by atoms with Crippen molar-refractivity contribution >= 4 is 6.03 Å². The number of benzene rings is 4. The Balaban J connectivity index is 0.994. The van der Waals surface area contributed by atoms with Gasteiger partial charge in [0.15, 0.2) is 0 Å². The van der Waals surface area contributed by atoms with Gasteiger partial charge in [0.05, 0.1) is 25.8 Å². The van der Waals surface area contributed by atoms with Crippen LogP contribution in [-0.2, 0) is 31.0 Å². The molecule has 0 bridgehead atoms. The molecule has 2 saturated heterocycles. The van der Waals surface area contributed by atoms with Gasteiger partial charge in [-0.15, -0.1) is 0 Å². The van der Waals surface area contributed by atoms with Crippen LogP contribution in [0.1, 0.15) is 45.1 Å². The molecular weight excluding hydrogens is 626 g/mol. The Hall–Kier alpha value is -5.69. The summed E-state index contributed by atoms with van der Waals surface area (Å²) in [5, 5.41) is 3.12. The molecule has 252 valence electrons. The second-order valence-corrected chi connectivity index (χ2v) is 12.3. The van der Waals surface area contributed by atoms with E-state index >= 15 is 0 Å². The minimum absolute atomic E-state index is 0.171. The number of ether oxygens (including phenoxy) is 3. The zero-order valence-corrected chi connectivity index (χ0v) is 27.8. The fourth-order valence-corrected chi connectivity index (χ4v) is 5.96. The molecule has 3 heterocycles. The Morgan fingerprint density at radius 1 is 0.720 bits per heavy atom. The fraction of sp³-hybridized carbons (Fsp3) is 0.244. The highest BCUT2D eigenvalue weighted by molar-refractivity contribution is 5.77. The van der Waals surface area contributed by atoms with Crippen molar-refractivity contribution in [3.8, 4) is 23.5 Å². The maximum absolute atomic E-state index is 13.2. The molecule has 0 radical (unpaired) electrons. The standard InChI is InChI=1S/C41H39N5O4/c47-41-44-37(36-19-17-32(18-20-36)12-11-31-13-15-33(16-14-31)25-45-21-23-48-24-22-45)26-46(41)27-38-39(49-28-34-7-3-1-4-8-34)40(43-30-42-38)50-29-35-9-5-2-6-10-35/h1-10,13-20,30,37H,21-29H2,(H,44,47). The number of carbonyl (C=O) groups is 1. The number of rotatable bonds is 11. The number of hydrogen-bond acceptors (Lipinski definition) is 7. The number of urea groups is 1. The highest BCUT2D eigenvalue weighted by Gasteiger charge is 2.31. The van der Waals surface area contributed by atoms with E-state index in [1.807, 2.05) is 84.9 Å². The predicted molar refractivity (Wildman–Crippen MR) is 190 cm³/mol. The maximum Gasteiger partial charge on any atom is 0.318 e. The highest BCUT2D eigenvalue weighted by Crippen LogP contribution is 2.31. The summed E-state index contributed by atoms with van der Waals surface area (Å²) in [5.41, 5.74) is 6.76. The lowest BCUT2D eigenvalue weighted by Crippen LogP contribution is -2.35. The van der Waals surface area contributed by atoms with Gasteiger partial charge in [0.1, 0.15) is 25.2 Å². The maximum atomic E-state index is 13.2. The molecule has 2 aliphatic heterocycles. The van der Waals surface area contributed by atoms with Crippen LogP contribution in [0.25, 0.3) is 0 Å². The second kappa shape index (κ2) is 16.1. The minimum atomic E-state index is -0.173. The van der Waals surface area contributed by atoms with E-state index in [1.165, 1.54) is 11.9 Å². The summed E-state index contributed by atoms with van der Waals surface area (Å²) in [6, 6.07) is 35.9. The van der Waals surface area contributed by atoms with Crippen molar-refractivity contribution in [3.63, 3.8) is 0 Å². The number of carbonyl (C=O) groups excluding carboxylic acids is 1. The first kappa shape index (κ1) is 32.8. The van der Waals surface area contributed by atoms with E-state index in [4.69, 9.17) is 14.2 Å². The highest BCUT2D eigenvalue weighted by atomic mass is 16.5. The van der Waals surface area contributed by atoms with Crippen LogP contribution in [-0.4, -0.2) is 58.6 Å². The number of amides is 2. The molecule has 2 amide bonds. The normalized spacial score (nSPS) is 16.0. The molecule has 2 aliphatic rings. The van der Waals surface area contributed by atoms with E-state index in [0.717, 1.165) is 60.7 Å². The van der Waals surface area contributed by atoms with Crippen LogP contribution in [0.5, 0.6) is 11.6 Å². The van der Waals surface area contributed by atoms with Crippen LogP contribution in [0.2, 0.25) is 0 Å². The lowest BCUT2D eigenvalue weighted by atomic mass is 10.0. The van der Waals surface area contributed by atoms with Gasteiger partial charge in [-0.2, -0.15) is 4.98 Å². The topological polar surface area (TPSA) is 89.1 Å². The SMILES string of the molecule is O=C1NC(c2ccc(C#Cc3ccc(CN4CCOCC4)cc3)cc2)CN1Cc1ncnc(OCc2ccccc2)c1OCc1ccccc1. The first-order chi connectivity index (χ1) is 24.7. The monoisotopic (exact) mass is 665 g/mol. The Bertz CT molecular complexity index is 1920. The lowest BCUT2D eigenvalue weighted by Gasteiger charge is -2.26. The van der Waals surface area contributed by atoms with Crippen molar-refractivity contribution in [2.75, 3.05) is 32.8 Å². The van der Waals surface area contributed by atoms with E-state index in [-0.39, 0.29) is 18.6 Å². The number of nitrogens with one attached hydrogen (secondary N) is 1. The first-order valence-corrected chi connectivity index (χ1v) is 16.9. The molecule has 0 spiro atoms. The molecule has 1 aromatic heterocycles. The minimum Gasteiger partial charge on any atom is -0.482 e. The van der Waals surface area contributed by atoms with Gasteiger partial charge in [0, 0.05) is 37.3 Å². The molecule has 5 aromatic rings. The Labute approximate surface area is 292 Å². The number of morpholine rings is 1. The van der Waals surface area contributed by atoms with Gasteiger partial charge in [-0.25, -0.2) is 9.78 Å². The summed E-state index contributed by atoms with van der Waals surface area (Å²) >= 11 is 0. The van der Waals surface area contributed by atoms with Crippen molar-refractivity contribution in [2.24, 2.45) is 0 Å². The van der Waals surface area contributed by atoms with Gasteiger partial charge in [0.2, 0.25) is 5.75 Å². The molecule has 1 N–H and O–H groups in total. The molecule has 7 rings (SSSR count). The third kappa shape index (κ3) is 8.66. The van der Waals surface area contributed by atoms with Crippen molar-refractivity contribution < 1.29 is 19.0 Å². The average Bonchev–Trinajstić information content (AvgIpc) is 3.54. The Morgan fingerprint density at radius 2 is 1.34 bits per heavy atom. The molecule has 50 heavy (non-hydrogen) atoms. The van der Waals surface area contributed by atoms with Gasteiger partial charge in [-0.05, 0) is 46.5 Å². The van der Waals surface area contributed by atoms with Crippen LogP contribution in [0.15, 0.2) is 116 Å². The largest absolute Gasteiger partial charge is 0.482 e. The molecule has 9 nitrogen and oxygen atoms in total.